The summed E-state index contributed by atoms with van der Waals surface area (Å²) < 4.78 is 0. The minimum absolute atomic E-state index is 0.203. The number of unbranched alkanes of at least 4 members (excludes halogenated alkanes) is 48. The van der Waals surface area contributed by atoms with Crippen LogP contribution in [0.15, 0.2) is 0 Å². The molecule has 1 rings (SSSR count). The van der Waals surface area contributed by atoms with E-state index in [4.69, 9.17) is 0 Å². The molecule has 0 radical (unpaired) electrons. The second-order valence-electron chi connectivity index (χ2n) is 26.2. The molecule has 0 saturated carbocycles. The molecule has 0 aliphatic carbocycles. The van der Waals surface area contributed by atoms with Crippen LogP contribution in [0.25, 0.3) is 0 Å². The Morgan fingerprint density at radius 2 is 0.305 bits per heavy atom. The molecule has 4 amide bonds. The highest BCUT2D eigenvalue weighted by Gasteiger charge is 2.23. The fraction of sp³-hybridized carbons (Fsp3) is 0.946. The SMILES string of the molecule is CCCCCCCCCCCCCCCC(=O)N1CCCN(C(=O)CCCCCCCCCCCCCCC)CCN(C(=O)CCCCCCCCCCCCCCC)CCCN(C(=O)CCCCCCCCCCCCCCC)CC1. The molecule has 1 saturated heterocycles. The summed E-state index contributed by atoms with van der Waals surface area (Å²) in [6.07, 6.45) is 70.4. The molecule has 0 atom stereocenters. The third-order valence-corrected chi connectivity index (χ3v) is 18.4. The van der Waals surface area contributed by atoms with Gasteiger partial charge in [0.1, 0.15) is 0 Å². The molecule has 1 aliphatic rings. The number of carbonyl (C=O) groups excluding carboxylic acids is 4. The Bertz CT molecular complexity index is 1190. The lowest BCUT2D eigenvalue weighted by Gasteiger charge is -2.32. The molecule has 8 nitrogen and oxygen atoms in total. The van der Waals surface area contributed by atoms with Crippen molar-refractivity contribution in [2.24, 2.45) is 0 Å². The third-order valence-electron chi connectivity index (χ3n) is 18.4. The van der Waals surface area contributed by atoms with E-state index in [0.717, 1.165) is 51.4 Å². The van der Waals surface area contributed by atoms with Crippen LogP contribution < -0.4 is 0 Å². The van der Waals surface area contributed by atoms with Crippen LogP contribution >= 0.6 is 0 Å². The highest BCUT2D eigenvalue weighted by atomic mass is 16.2. The highest BCUT2D eigenvalue weighted by Crippen LogP contribution is 2.20. The maximum absolute atomic E-state index is 14.1. The van der Waals surface area contributed by atoms with Gasteiger partial charge in [-0.3, -0.25) is 19.2 Å². The minimum atomic E-state index is 0.203. The molecule has 0 spiro atoms. The maximum Gasteiger partial charge on any atom is 0.222 e. The van der Waals surface area contributed by atoms with Crippen LogP contribution in [-0.4, -0.2) is 95.6 Å². The molecule has 1 fully saturated rings. The average Bonchev–Trinajstić information content (AvgIpc) is 3.48. The van der Waals surface area contributed by atoms with Gasteiger partial charge in [0.05, 0.1) is 0 Å². The van der Waals surface area contributed by atoms with Gasteiger partial charge < -0.3 is 19.6 Å². The molecule has 484 valence electrons. The van der Waals surface area contributed by atoms with Crippen molar-refractivity contribution >= 4 is 23.6 Å². The van der Waals surface area contributed by atoms with Gasteiger partial charge in [-0.05, 0) is 38.5 Å². The summed E-state index contributed by atoms with van der Waals surface area (Å²) in [4.78, 5) is 64.7. The zero-order chi connectivity index (χ0) is 59.3. The smallest absolute Gasteiger partial charge is 0.222 e. The number of carbonyl (C=O) groups is 4. The minimum Gasteiger partial charge on any atom is -0.341 e. The molecular weight excluding hydrogens is 1010 g/mol. The van der Waals surface area contributed by atoms with Gasteiger partial charge in [0.15, 0.2) is 0 Å². The van der Waals surface area contributed by atoms with E-state index in [0.29, 0.717) is 90.9 Å². The Hall–Kier alpha value is -2.12. The van der Waals surface area contributed by atoms with E-state index in [-0.39, 0.29) is 23.6 Å². The summed E-state index contributed by atoms with van der Waals surface area (Å²) in [5.74, 6) is 0.811. The molecular formula is C74H144N4O4. The van der Waals surface area contributed by atoms with Crippen LogP contribution in [0.5, 0.6) is 0 Å². The Labute approximate surface area is 512 Å². The van der Waals surface area contributed by atoms with E-state index in [9.17, 15) is 19.2 Å². The number of hydrogen-bond acceptors (Lipinski definition) is 4. The number of rotatable bonds is 56. The third kappa shape index (κ3) is 50.1. The van der Waals surface area contributed by atoms with Gasteiger partial charge >= 0.3 is 0 Å². The molecule has 0 aromatic heterocycles. The molecule has 8 heteroatoms. The topological polar surface area (TPSA) is 81.2 Å². The maximum atomic E-state index is 14.1. The van der Waals surface area contributed by atoms with Gasteiger partial charge in [-0.25, -0.2) is 0 Å². The standard InChI is InChI=1S/C74H144N4O4/c1-5-9-13-17-21-25-29-33-37-41-45-49-53-59-71(79)75-63-57-64-77(73(81)61-55-51-47-43-39-35-31-27-23-19-15-11-7-3)69-70-78(74(82)62-56-52-48-44-40-36-32-28-24-20-16-12-8-4)66-58-65-76(68-67-75)72(80)60-54-50-46-42-38-34-30-26-22-18-14-10-6-2/h5-70H2,1-4H3. The summed E-state index contributed by atoms with van der Waals surface area (Å²) in [5.41, 5.74) is 0. The fourth-order valence-corrected chi connectivity index (χ4v) is 12.6. The van der Waals surface area contributed by atoms with E-state index >= 15 is 0 Å². The fourth-order valence-electron chi connectivity index (χ4n) is 12.6. The lowest BCUT2D eigenvalue weighted by atomic mass is 10.0. The van der Waals surface area contributed by atoms with Crippen molar-refractivity contribution in [1.82, 2.24) is 19.6 Å². The van der Waals surface area contributed by atoms with Crippen LogP contribution in [0.3, 0.4) is 0 Å². The first-order valence-corrected chi connectivity index (χ1v) is 37.5. The van der Waals surface area contributed by atoms with E-state index in [1.54, 1.807) is 0 Å². The molecule has 0 N–H and O–H groups in total. The normalized spacial score (nSPS) is 14.0. The second kappa shape index (κ2) is 61.9. The summed E-state index contributed by atoms with van der Waals surface area (Å²) in [6.45, 7) is 13.7. The van der Waals surface area contributed by atoms with E-state index in [1.807, 2.05) is 19.6 Å². The van der Waals surface area contributed by atoms with Crippen LogP contribution in [-0.2, 0) is 19.2 Å². The summed E-state index contributed by atoms with van der Waals surface area (Å²) in [7, 11) is 0. The summed E-state index contributed by atoms with van der Waals surface area (Å²) in [5, 5.41) is 0. The molecule has 0 unspecified atom stereocenters. The molecule has 1 aliphatic heterocycles. The molecule has 82 heavy (non-hydrogen) atoms. The Morgan fingerprint density at radius 3 is 0.439 bits per heavy atom. The summed E-state index contributed by atoms with van der Waals surface area (Å²) in [6, 6.07) is 0. The predicted molar refractivity (Wildman–Crippen MR) is 357 cm³/mol. The van der Waals surface area contributed by atoms with Crippen LogP contribution in [0, 0.1) is 0 Å². The van der Waals surface area contributed by atoms with Crippen LogP contribution in [0.4, 0.5) is 0 Å². The van der Waals surface area contributed by atoms with Gasteiger partial charge in [-0.1, -0.05) is 336 Å². The van der Waals surface area contributed by atoms with Crippen molar-refractivity contribution in [3.63, 3.8) is 0 Å². The molecule has 0 aromatic rings. The predicted octanol–water partition coefficient (Wildman–Crippen LogP) is 22.0. The van der Waals surface area contributed by atoms with Crippen LogP contribution in [0.2, 0.25) is 0 Å². The van der Waals surface area contributed by atoms with Crippen molar-refractivity contribution in [2.75, 3.05) is 52.4 Å². The van der Waals surface area contributed by atoms with Gasteiger partial charge in [-0.2, -0.15) is 0 Å². The van der Waals surface area contributed by atoms with E-state index in [2.05, 4.69) is 27.7 Å². The highest BCUT2D eigenvalue weighted by molar-refractivity contribution is 5.78. The lowest BCUT2D eigenvalue weighted by molar-refractivity contribution is -0.137. The quantitative estimate of drug-likeness (QED) is 0.0568. The number of amides is 4. The van der Waals surface area contributed by atoms with Gasteiger partial charge in [0.25, 0.3) is 0 Å². The van der Waals surface area contributed by atoms with Crippen molar-refractivity contribution < 1.29 is 19.2 Å². The van der Waals surface area contributed by atoms with Crippen molar-refractivity contribution in [1.29, 1.82) is 0 Å². The first-order valence-electron chi connectivity index (χ1n) is 37.5. The van der Waals surface area contributed by atoms with Crippen molar-refractivity contribution in [3.05, 3.63) is 0 Å². The first-order chi connectivity index (χ1) is 40.4. The monoisotopic (exact) mass is 1150 g/mol. The van der Waals surface area contributed by atoms with Gasteiger partial charge in [0, 0.05) is 78.0 Å². The molecule has 1 heterocycles. The van der Waals surface area contributed by atoms with Crippen LogP contribution in [0.1, 0.15) is 400 Å². The number of nitrogens with zero attached hydrogens (tertiary/aromatic N) is 4. The zero-order valence-electron chi connectivity index (χ0n) is 56.1. The number of hydrogen-bond donors (Lipinski definition) is 0. The Morgan fingerprint density at radius 1 is 0.183 bits per heavy atom. The lowest BCUT2D eigenvalue weighted by Crippen LogP contribution is -2.46. The van der Waals surface area contributed by atoms with Crippen molar-refractivity contribution in [2.45, 2.75) is 400 Å². The zero-order valence-corrected chi connectivity index (χ0v) is 56.1. The second-order valence-corrected chi connectivity index (χ2v) is 26.2. The molecule has 0 aromatic carbocycles. The largest absolute Gasteiger partial charge is 0.341 e. The van der Waals surface area contributed by atoms with Gasteiger partial charge in [-0.15, -0.1) is 0 Å². The Balaban J connectivity index is 2.98. The average molecular weight is 1150 g/mol. The van der Waals surface area contributed by atoms with E-state index in [1.165, 1.54) is 283 Å². The summed E-state index contributed by atoms with van der Waals surface area (Å²) >= 11 is 0. The first kappa shape index (κ1) is 77.9. The van der Waals surface area contributed by atoms with Crippen molar-refractivity contribution in [3.8, 4) is 0 Å². The Kier molecular flexibility index (Phi) is 58.8. The van der Waals surface area contributed by atoms with E-state index < -0.39 is 0 Å². The van der Waals surface area contributed by atoms with Gasteiger partial charge in [0.2, 0.25) is 23.6 Å². The molecule has 0 bridgehead atoms.